The molecule has 4 atom stereocenters. The number of benzene rings is 1. The van der Waals surface area contributed by atoms with Gasteiger partial charge in [-0.15, -0.1) is 20.4 Å². The van der Waals surface area contributed by atoms with Crippen LogP contribution in [0.15, 0.2) is 24.4 Å². The standard InChI is InChI=1S/C23H28FN9O/c1-23-9-3-4-16(26-23)20(24)18(11-23)33(14-6-7-14)22-25-12-17(27-29-22)15-8-5-13(10-19(15)34)21-28-31-32(2)30-21/h5,8,10,12,14,16,18,20,26,34H,3-4,6-7,9,11H2,1-2H3/t16-,18-,20+,23-/m0/s1. The molecule has 6 rings (SSSR count). The van der Waals surface area contributed by atoms with Gasteiger partial charge in [-0.25, -0.2) is 9.37 Å². The molecule has 178 valence electrons. The molecule has 10 nitrogen and oxygen atoms in total. The number of anilines is 1. The summed E-state index contributed by atoms with van der Waals surface area (Å²) in [5.41, 5.74) is 1.54. The van der Waals surface area contributed by atoms with Gasteiger partial charge in [-0.3, -0.25) is 0 Å². The van der Waals surface area contributed by atoms with Crippen LogP contribution in [0.5, 0.6) is 5.75 Å². The first-order valence-electron chi connectivity index (χ1n) is 11.9. The second kappa shape index (κ2) is 7.93. The van der Waals surface area contributed by atoms with Crippen LogP contribution in [-0.4, -0.2) is 70.3 Å². The normalized spacial score (nSPS) is 28.6. The molecule has 34 heavy (non-hydrogen) atoms. The first kappa shape index (κ1) is 21.3. The molecule has 1 aromatic carbocycles. The summed E-state index contributed by atoms with van der Waals surface area (Å²) in [7, 11) is 1.68. The number of hydrogen-bond donors (Lipinski definition) is 2. The van der Waals surface area contributed by atoms with Gasteiger partial charge < -0.3 is 15.3 Å². The summed E-state index contributed by atoms with van der Waals surface area (Å²) in [4.78, 5) is 8.01. The number of nitrogens with zero attached hydrogens (tertiary/aromatic N) is 8. The Labute approximate surface area is 196 Å². The van der Waals surface area contributed by atoms with Gasteiger partial charge in [0.2, 0.25) is 11.8 Å². The molecule has 4 heterocycles. The van der Waals surface area contributed by atoms with Crippen molar-refractivity contribution in [2.24, 2.45) is 7.05 Å². The lowest BCUT2D eigenvalue weighted by molar-refractivity contribution is 0.0582. The quantitative estimate of drug-likeness (QED) is 0.586. The van der Waals surface area contributed by atoms with Crippen LogP contribution in [0.1, 0.15) is 45.4 Å². The summed E-state index contributed by atoms with van der Waals surface area (Å²) in [5.74, 6) is 0.906. The van der Waals surface area contributed by atoms with E-state index in [-0.39, 0.29) is 29.4 Å². The molecule has 0 radical (unpaired) electrons. The molecule has 2 N–H and O–H groups in total. The molecule has 3 fully saturated rings. The van der Waals surface area contributed by atoms with Crippen molar-refractivity contribution in [3.8, 4) is 28.4 Å². The SMILES string of the molecule is Cn1nnc(-c2ccc(-c3cnc(N(C4CC4)[C@H]4C[C@]5(C)CCC[C@H](N5)[C@H]4F)nn3)c(O)c2)n1. The number of alkyl halides is 1. The lowest BCUT2D eigenvalue weighted by Gasteiger charge is -2.52. The summed E-state index contributed by atoms with van der Waals surface area (Å²) in [6.07, 6.45) is 6.38. The molecular weight excluding hydrogens is 437 g/mol. The minimum Gasteiger partial charge on any atom is -0.507 e. The Hall–Kier alpha value is -3.21. The maximum atomic E-state index is 15.6. The highest BCUT2D eigenvalue weighted by Crippen LogP contribution is 2.42. The molecule has 2 aliphatic heterocycles. The maximum Gasteiger partial charge on any atom is 0.245 e. The third kappa shape index (κ3) is 3.77. The fraction of sp³-hybridized carbons (Fsp3) is 0.565. The predicted octanol–water partition coefficient (Wildman–Crippen LogP) is 2.41. The van der Waals surface area contributed by atoms with Crippen LogP contribution >= 0.6 is 0 Å². The van der Waals surface area contributed by atoms with Gasteiger partial charge in [0.05, 0.1) is 19.3 Å². The topological polar surface area (TPSA) is 118 Å². The molecule has 2 saturated heterocycles. The fourth-order valence-corrected chi connectivity index (χ4v) is 5.53. The molecule has 1 aliphatic carbocycles. The smallest absolute Gasteiger partial charge is 0.245 e. The van der Waals surface area contributed by atoms with Crippen molar-refractivity contribution in [3.05, 3.63) is 24.4 Å². The number of hydrogen-bond acceptors (Lipinski definition) is 9. The summed E-state index contributed by atoms with van der Waals surface area (Å²) < 4.78 is 15.6. The number of phenolic OH excluding ortho intramolecular Hbond substituents is 1. The molecule has 0 amide bonds. The number of aryl methyl sites for hydroxylation is 1. The van der Waals surface area contributed by atoms with Gasteiger partial charge in [0, 0.05) is 28.7 Å². The average Bonchev–Trinajstić information content (AvgIpc) is 3.56. The highest BCUT2D eigenvalue weighted by molar-refractivity contribution is 5.71. The van der Waals surface area contributed by atoms with Gasteiger partial charge in [-0.2, -0.15) is 4.80 Å². The van der Waals surface area contributed by atoms with Gasteiger partial charge in [0.25, 0.3) is 0 Å². The highest BCUT2D eigenvalue weighted by atomic mass is 19.1. The molecule has 2 bridgehead atoms. The van der Waals surface area contributed by atoms with Crippen LogP contribution < -0.4 is 10.2 Å². The van der Waals surface area contributed by atoms with Crippen LogP contribution in [0.2, 0.25) is 0 Å². The number of tetrazole rings is 1. The summed E-state index contributed by atoms with van der Waals surface area (Å²) in [6.45, 7) is 2.20. The van der Waals surface area contributed by atoms with Crippen molar-refractivity contribution < 1.29 is 9.50 Å². The summed E-state index contributed by atoms with van der Waals surface area (Å²) >= 11 is 0. The van der Waals surface area contributed by atoms with Gasteiger partial charge in [0.1, 0.15) is 17.6 Å². The van der Waals surface area contributed by atoms with Crippen molar-refractivity contribution in [2.75, 3.05) is 4.90 Å². The van der Waals surface area contributed by atoms with Crippen LogP contribution in [-0.2, 0) is 7.05 Å². The number of piperidine rings is 2. The second-order valence-corrected chi connectivity index (χ2v) is 10.0. The van der Waals surface area contributed by atoms with Gasteiger partial charge >= 0.3 is 0 Å². The van der Waals surface area contributed by atoms with Crippen LogP contribution in [0.3, 0.4) is 0 Å². The Kier molecular flexibility index (Phi) is 4.98. The number of aromatic nitrogens is 7. The lowest BCUT2D eigenvalue weighted by atomic mass is 9.74. The number of rotatable bonds is 5. The third-order valence-corrected chi connectivity index (χ3v) is 7.31. The second-order valence-electron chi connectivity index (χ2n) is 10.0. The van der Waals surface area contributed by atoms with Gasteiger partial charge in [-0.1, -0.05) is 6.07 Å². The number of halogens is 1. The molecular formula is C23H28FN9O. The maximum absolute atomic E-state index is 15.6. The van der Waals surface area contributed by atoms with Gasteiger partial charge in [0.15, 0.2) is 0 Å². The fourth-order valence-electron chi connectivity index (χ4n) is 5.53. The van der Waals surface area contributed by atoms with E-state index in [0.717, 1.165) is 38.5 Å². The predicted molar refractivity (Wildman–Crippen MR) is 123 cm³/mol. The zero-order valence-electron chi connectivity index (χ0n) is 19.3. The highest BCUT2D eigenvalue weighted by Gasteiger charge is 2.50. The Morgan fingerprint density at radius 2 is 2.06 bits per heavy atom. The average molecular weight is 466 g/mol. The van der Waals surface area contributed by atoms with E-state index in [9.17, 15) is 5.11 Å². The Morgan fingerprint density at radius 3 is 2.74 bits per heavy atom. The van der Waals surface area contributed by atoms with Crippen LogP contribution in [0, 0.1) is 0 Å². The lowest BCUT2D eigenvalue weighted by Crippen LogP contribution is -2.67. The van der Waals surface area contributed by atoms with Crippen molar-refractivity contribution >= 4 is 5.95 Å². The van der Waals surface area contributed by atoms with E-state index in [4.69, 9.17) is 0 Å². The third-order valence-electron chi connectivity index (χ3n) is 7.31. The monoisotopic (exact) mass is 465 g/mol. The minimum absolute atomic E-state index is 0.0239. The molecule has 3 aliphatic rings. The van der Waals surface area contributed by atoms with E-state index in [1.54, 1.807) is 31.4 Å². The van der Waals surface area contributed by atoms with Crippen molar-refractivity contribution in [2.45, 2.75) is 75.3 Å². The van der Waals surface area contributed by atoms with Crippen molar-refractivity contribution in [1.29, 1.82) is 0 Å². The van der Waals surface area contributed by atoms with E-state index >= 15 is 4.39 Å². The molecule has 0 unspecified atom stereocenters. The number of phenols is 1. The zero-order chi connectivity index (χ0) is 23.4. The molecule has 2 aromatic heterocycles. The van der Waals surface area contributed by atoms with E-state index in [1.807, 2.05) is 0 Å². The van der Waals surface area contributed by atoms with Crippen molar-refractivity contribution in [3.63, 3.8) is 0 Å². The Balaban J connectivity index is 1.27. The Bertz CT molecular complexity index is 1200. The van der Waals surface area contributed by atoms with E-state index in [2.05, 4.69) is 47.7 Å². The summed E-state index contributed by atoms with van der Waals surface area (Å²) in [5, 5.41) is 34.8. The molecule has 3 aromatic rings. The number of aromatic hydroxyl groups is 1. The molecule has 1 saturated carbocycles. The van der Waals surface area contributed by atoms with E-state index < -0.39 is 6.17 Å². The van der Waals surface area contributed by atoms with Crippen molar-refractivity contribution in [1.82, 2.24) is 40.7 Å². The number of nitrogens with one attached hydrogen (secondary N) is 1. The molecule has 11 heteroatoms. The minimum atomic E-state index is -0.969. The Morgan fingerprint density at radius 1 is 1.21 bits per heavy atom. The van der Waals surface area contributed by atoms with Crippen LogP contribution in [0.4, 0.5) is 10.3 Å². The van der Waals surface area contributed by atoms with Crippen LogP contribution in [0.25, 0.3) is 22.6 Å². The number of fused-ring (bicyclic) bond motifs is 2. The first-order valence-corrected chi connectivity index (χ1v) is 11.9. The first-order chi connectivity index (χ1) is 16.4. The zero-order valence-corrected chi connectivity index (χ0v) is 19.3. The molecule has 0 spiro atoms. The van der Waals surface area contributed by atoms with E-state index in [1.165, 1.54) is 4.80 Å². The van der Waals surface area contributed by atoms with Gasteiger partial charge in [-0.05, 0) is 62.8 Å². The van der Waals surface area contributed by atoms with E-state index in [0.29, 0.717) is 28.6 Å². The largest absolute Gasteiger partial charge is 0.507 e. The summed E-state index contributed by atoms with van der Waals surface area (Å²) in [6, 6.07) is 4.97.